The third-order valence-corrected chi connectivity index (χ3v) is 3.83. The SMILES string of the molecule is COc1cc(Cl)c(C2CC(C(=O)O)CN2)cc1OC(C)C. The van der Waals surface area contributed by atoms with E-state index in [0.29, 0.717) is 29.5 Å². The molecule has 1 saturated heterocycles. The molecule has 0 spiro atoms. The highest BCUT2D eigenvalue weighted by molar-refractivity contribution is 6.31. The molecule has 21 heavy (non-hydrogen) atoms. The number of ether oxygens (including phenoxy) is 2. The second-order valence-electron chi connectivity index (χ2n) is 5.42. The van der Waals surface area contributed by atoms with Crippen LogP contribution in [0.1, 0.15) is 31.9 Å². The topological polar surface area (TPSA) is 67.8 Å². The molecule has 1 heterocycles. The predicted octanol–water partition coefficient (Wildman–Crippen LogP) is 2.87. The third-order valence-electron chi connectivity index (χ3n) is 3.50. The van der Waals surface area contributed by atoms with Crippen LogP contribution in [-0.4, -0.2) is 30.8 Å². The normalized spacial score (nSPS) is 21.6. The van der Waals surface area contributed by atoms with Crippen molar-refractivity contribution in [3.05, 3.63) is 22.7 Å². The van der Waals surface area contributed by atoms with Crippen molar-refractivity contribution in [2.75, 3.05) is 13.7 Å². The molecule has 0 aliphatic carbocycles. The van der Waals surface area contributed by atoms with Crippen LogP contribution < -0.4 is 14.8 Å². The fourth-order valence-corrected chi connectivity index (χ4v) is 2.77. The summed E-state index contributed by atoms with van der Waals surface area (Å²) in [5.74, 6) is 0.0219. The number of methoxy groups -OCH3 is 1. The molecular weight excluding hydrogens is 294 g/mol. The minimum absolute atomic E-state index is 0.0104. The second kappa shape index (κ2) is 6.54. The molecule has 0 saturated carbocycles. The average molecular weight is 314 g/mol. The number of carbonyl (C=O) groups is 1. The summed E-state index contributed by atoms with van der Waals surface area (Å²) < 4.78 is 11.0. The first-order valence-corrected chi connectivity index (χ1v) is 7.30. The Balaban J connectivity index is 2.29. The summed E-state index contributed by atoms with van der Waals surface area (Å²) >= 11 is 6.30. The third kappa shape index (κ3) is 3.60. The zero-order chi connectivity index (χ0) is 15.6. The van der Waals surface area contributed by atoms with Gasteiger partial charge in [-0.2, -0.15) is 0 Å². The summed E-state index contributed by atoms with van der Waals surface area (Å²) in [6.07, 6.45) is 0.527. The summed E-state index contributed by atoms with van der Waals surface area (Å²) in [6.45, 7) is 4.31. The minimum Gasteiger partial charge on any atom is -0.493 e. The highest BCUT2D eigenvalue weighted by atomic mass is 35.5. The van der Waals surface area contributed by atoms with Crippen molar-refractivity contribution in [2.45, 2.75) is 32.4 Å². The van der Waals surface area contributed by atoms with Crippen LogP contribution in [0.15, 0.2) is 12.1 Å². The van der Waals surface area contributed by atoms with Gasteiger partial charge in [-0.1, -0.05) is 11.6 Å². The molecule has 2 atom stereocenters. The maximum atomic E-state index is 11.1. The predicted molar refractivity (Wildman–Crippen MR) is 80.3 cm³/mol. The Bertz CT molecular complexity index is 533. The van der Waals surface area contributed by atoms with Gasteiger partial charge in [0.25, 0.3) is 0 Å². The first kappa shape index (κ1) is 15.9. The van der Waals surface area contributed by atoms with E-state index >= 15 is 0 Å². The van der Waals surface area contributed by atoms with Gasteiger partial charge in [-0.3, -0.25) is 4.79 Å². The quantitative estimate of drug-likeness (QED) is 0.875. The molecular formula is C15H20ClNO4. The Morgan fingerprint density at radius 1 is 1.43 bits per heavy atom. The van der Waals surface area contributed by atoms with Crippen LogP contribution in [-0.2, 0) is 4.79 Å². The van der Waals surface area contributed by atoms with Crippen molar-refractivity contribution < 1.29 is 19.4 Å². The molecule has 0 aromatic heterocycles. The van der Waals surface area contributed by atoms with Crippen molar-refractivity contribution >= 4 is 17.6 Å². The lowest BCUT2D eigenvalue weighted by Crippen LogP contribution is -2.17. The lowest BCUT2D eigenvalue weighted by molar-refractivity contribution is -0.141. The van der Waals surface area contributed by atoms with Gasteiger partial charge >= 0.3 is 5.97 Å². The number of aliphatic carboxylic acids is 1. The standard InChI is InChI=1S/C15H20ClNO4/c1-8(2)21-14-5-10(11(16)6-13(14)20-3)12-4-9(7-17-12)15(18)19/h5-6,8-9,12,17H,4,7H2,1-3H3,(H,18,19). The van der Waals surface area contributed by atoms with Crippen molar-refractivity contribution in [3.63, 3.8) is 0 Å². The van der Waals surface area contributed by atoms with Gasteiger partial charge in [-0.25, -0.2) is 0 Å². The van der Waals surface area contributed by atoms with Crippen molar-refractivity contribution in [3.8, 4) is 11.5 Å². The second-order valence-corrected chi connectivity index (χ2v) is 5.83. The fraction of sp³-hybridized carbons (Fsp3) is 0.533. The van der Waals surface area contributed by atoms with Crippen molar-refractivity contribution in [1.82, 2.24) is 5.32 Å². The van der Waals surface area contributed by atoms with E-state index in [1.54, 1.807) is 13.2 Å². The smallest absolute Gasteiger partial charge is 0.307 e. The number of carboxylic acids is 1. The Morgan fingerprint density at radius 2 is 2.14 bits per heavy atom. The van der Waals surface area contributed by atoms with Gasteiger partial charge in [-0.05, 0) is 31.9 Å². The van der Waals surface area contributed by atoms with E-state index in [4.69, 9.17) is 26.2 Å². The molecule has 1 aliphatic rings. The molecule has 2 unspecified atom stereocenters. The maximum Gasteiger partial charge on any atom is 0.307 e. The molecule has 0 radical (unpaired) electrons. The number of carboxylic acid groups (broad SMARTS) is 1. The van der Waals surface area contributed by atoms with E-state index in [1.165, 1.54) is 0 Å². The van der Waals surface area contributed by atoms with Gasteiger partial charge in [0.1, 0.15) is 0 Å². The van der Waals surface area contributed by atoms with Gasteiger partial charge in [0, 0.05) is 23.7 Å². The first-order valence-electron chi connectivity index (χ1n) is 6.92. The number of hydrogen-bond donors (Lipinski definition) is 2. The fourth-order valence-electron chi connectivity index (χ4n) is 2.48. The lowest BCUT2D eigenvalue weighted by Gasteiger charge is -2.19. The summed E-state index contributed by atoms with van der Waals surface area (Å²) in [7, 11) is 1.56. The van der Waals surface area contributed by atoms with Crippen LogP contribution in [0.2, 0.25) is 5.02 Å². The van der Waals surface area contributed by atoms with Crippen LogP contribution in [0.25, 0.3) is 0 Å². The van der Waals surface area contributed by atoms with Crippen LogP contribution in [0.4, 0.5) is 0 Å². The molecule has 2 rings (SSSR count). The molecule has 6 heteroatoms. The van der Waals surface area contributed by atoms with Crippen molar-refractivity contribution in [2.24, 2.45) is 5.92 Å². The molecule has 1 aromatic rings. The summed E-state index contributed by atoms with van der Waals surface area (Å²) in [6, 6.07) is 3.46. The number of hydrogen-bond acceptors (Lipinski definition) is 4. The van der Waals surface area contributed by atoms with Crippen LogP contribution in [0.3, 0.4) is 0 Å². The number of rotatable bonds is 5. The van der Waals surface area contributed by atoms with Crippen molar-refractivity contribution in [1.29, 1.82) is 0 Å². The zero-order valence-corrected chi connectivity index (χ0v) is 13.1. The number of nitrogens with one attached hydrogen (secondary N) is 1. The van der Waals surface area contributed by atoms with Gasteiger partial charge in [0.15, 0.2) is 11.5 Å². The molecule has 0 amide bonds. The Kier molecular flexibility index (Phi) is 4.96. The molecule has 1 aliphatic heterocycles. The first-order chi connectivity index (χ1) is 9.92. The highest BCUT2D eigenvalue weighted by Crippen LogP contribution is 2.39. The van der Waals surface area contributed by atoms with Crippen LogP contribution in [0.5, 0.6) is 11.5 Å². The minimum atomic E-state index is -0.784. The molecule has 1 fully saturated rings. The zero-order valence-electron chi connectivity index (χ0n) is 12.4. The van der Waals surface area contributed by atoms with Gasteiger partial charge in [0.2, 0.25) is 0 Å². The maximum absolute atomic E-state index is 11.1. The van der Waals surface area contributed by atoms with Gasteiger partial charge < -0.3 is 19.9 Å². The summed E-state index contributed by atoms with van der Waals surface area (Å²) in [5.41, 5.74) is 0.844. The van der Waals surface area contributed by atoms with E-state index in [1.807, 2.05) is 19.9 Å². The van der Waals surface area contributed by atoms with Gasteiger partial charge in [0.05, 0.1) is 19.1 Å². The summed E-state index contributed by atoms with van der Waals surface area (Å²) in [5, 5.41) is 12.8. The molecule has 2 N–H and O–H groups in total. The number of benzene rings is 1. The Hall–Kier alpha value is -1.46. The largest absolute Gasteiger partial charge is 0.493 e. The Morgan fingerprint density at radius 3 is 2.67 bits per heavy atom. The van der Waals surface area contributed by atoms with Gasteiger partial charge in [-0.15, -0.1) is 0 Å². The van der Waals surface area contributed by atoms with E-state index in [2.05, 4.69) is 5.32 Å². The van der Waals surface area contributed by atoms with E-state index in [-0.39, 0.29) is 18.1 Å². The number of halogens is 1. The molecule has 0 bridgehead atoms. The summed E-state index contributed by atoms with van der Waals surface area (Å²) in [4.78, 5) is 11.1. The molecule has 116 valence electrons. The monoisotopic (exact) mass is 313 g/mol. The van der Waals surface area contributed by atoms with Crippen LogP contribution >= 0.6 is 11.6 Å². The lowest BCUT2D eigenvalue weighted by atomic mass is 9.99. The molecule has 1 aromatic carbocycles. The van der Waals surface area contributed by atoms with E-state index in [9.17, 15) is 4.79 Å². The average Bonchev–Trinajstić information content (AvgIpc) is 2.89. The van der Waals surface area contributed by atoms with E-state index in [0.717, 1.165) is 5.56 Å². The van der Waals surface area contributed by atoms with Crippen LogP contribution in [0, 0.1) is 5.92 Å². The Labute approximate surface area is 129 Å². The molecule has 5 nitrogen and oxygen atoms in total. The highest BCUT2D eigenvalue weighted by Gasteiger charge is 2.31. The van der Waals surface area contributed by atoms with E-state index < -0.39 is 5.97 Å².